The average molecular weight is 233 g/mol. The second-order valence-electron chi connectivity index (χ2n) is 4.90. The predicted molar refractivity (Wildman–Crippen MR) is 71.0 cm³/mol. The first kappa shape index (κ1) is 12.6. The molecule has 17 heavy (non-hydrogen) atoms. The van der Waals surface area contributed by atoms with Crippen LogP contribution in [0.3, 0.4) is 0 Å². The molecular weight excluding hydrogens is 210 g/mol. The number of hydrogen-bond donors (Lipinski definition) is 1. The third-order valence-electron chi connectivity index (χ3n) is 3.77. The summed E-state index contributed by atoms with van der Waals surface area (Å²) >= 11 is 0. The van der Waals surface area contributed by atoms with Crippen molar-refractivity contribution in [3.05, 3.63) is 35.9 Å². The molecule has 0 radical (unpaired) electrons. The second-order valence-corrected chi connectivity index (χ2v) is 4.90. The molecule has 0 amide bonds. The molecule has 3 atom stereocenters. The standard InChI is InChI=1S/C15H23NO/c1-3-15(13-7-5-4-6-8-13)16-11-14-9-10-17-12(14)2/h4-8,12,14-16H,3,9-11H2,1-2H3. The minimum atomic E-state index is 0.413. The number of ether oxygens (including phenoxy) is 1. The van der Waals surface area contributed by atoms with Gasteiger partial charge in [0.15, 0.2) is 0 Å². The summed E-state index contributed by atoms with van der Waals surface area (Å²) < 4.78 is 5.60. The molecule has 0 bridgehead atoms. The molecule has 94 valence electrons. The van der Waals surface area contributed by atoms with Gasteiger partial charge in [-0.1, -0.05) is 37.3 Å². The van der Waals surface area contributed by atoms with Crippen molar-refractivity contribution in [2.24, 2.45) is 5.92 Å². The molecule has 1 aliphatic rings. The van der Waals surface area contributed by atoms with Crippen LogP contribution in [0.1, 0.15) is 38.3 Å². The average Bonchev–Trinajstić information content (AvgIpc) is 2.77. The molecule has 0 aliphatic carbocycles. The quantitative estimate of drug-likeness (QED) is 0.843. The first-order chi connectivity index (χ1) is 8.31. The molecule has 2 heteroatoms. The van der Waals surface area contributed by atoms with Crippen molar-refractivity contribution in [3.63, 3.8) is 0 Å². The van der Waals surface area contributed by atoms with Crippen LogP contribution in [-0.4, -0.2) is 19.3 Å². The predicted octanol–water partition coefficient (Wildman–Crippen LogP) is 3.15. The van der Waals surface area contributed by atoms with Crippen molar-refractivity contribution in [2.75, 3.05) is 13.2 Å². The normalized spacial score (nSPS) is 26.0. The van der Waals surface area contributed by atoms with Crippen molar-refractivity contribution in [2.45, 2.75) is 38.8 Å². The van der Waals surface area contributed by atoms with E-state index in [1.807, 2.05) is 0 Å². The van der Waals surface area contributed by atoms with Crippen LogP contribution in [0, 0.1) is 5.92 Å². The Morgan fingerprint density at radius 3 is 2.71 bits per heavy atom. The van der Waals surface area contributed by atoms with Gasteiger partial charge < -0.3 is 10.1 Å². The highest BCUT2D eigenvalue weighted by Gasteiger charge is 2.24. The lowest BCUT2D eigenvalue weighted by molar-refractivity contribution is 0.105. The van der Waals surface area contributed by atoms with Gasteiger partial charge in [-0.2, -0.15) is 0 Å². The Hall–Kier alpha value is -0.860. The van der Waals surface area contributed by atoms with Gasteiger partial charge in [-0.25, -0.2) is 0 Å². The van der Waals surface area contributed by atoms with E-state index in [1.165, 1.54) is 12.0 Å². The summed E-state index contributed by atoms with van der Waals surface area (Å²) in [6.45, 7) is 6.41. The van der Waals surface area contributed by atoms with Gasteiger partial charge in [0.05, 0.1) is 6.10 Å². The van der Waals surface area contributed by atoms with Crippen LogP contribution in [0.15, 0.2) is 30.3 Å². The fourth-order valence-corrected chi connectivity index (χ4v) is 2.52. The highest BCUT2D eigenvalue weighted by Crippen LogP contribution is 2.22. The molecule has 0 spiro atoms. The molecule has 1 heterocycles. The summed E-state index contributed by atoms with van der Waals surface area (Å²) in [5.41, 5.74) is 1.39. The molecule has 2 nitrogen and oxygen atoms in total. The van der Waals surface area contributed by atoms with E-state index in [9.17, 15) is 0 Å². The van der Waals surface area contributed by atoms with Gasteiger partial charge in [-0.15, -0.1) is 0 Å². The zero-order valence-corrected chi connectivity index (χ0v) is 10.9. The van der Waals surface area contributed by atoms with E-state index < -0.39 is 0 Å². The number of nitrogens with one attached hydrogen (secondary N) is 1. The molecule has 1 aromatic rings. The molecule has 1 aliphatic heterocycles. The van der Waals surface area contributed by atoms with Gasteiger partial charge in [-0.05, 0) is 31.2 Å². The van der Waals surface area contributed by atoms with E-state index in [-0.39, 0.29) is 0 Å². The fraction of sp³-hybridized carbons (Fsp3) is 0.600. The van der Waals surface area contributed by atoms with E-state index >= 15 is 0 Å². The van der Waals surface area contributed by atoms with Gasteiger partial charge in [0.25, 0.3) is 0 Å². The SMILES string of the molecule is CCC(NCC1CCOC1C)c1ccccc1. The Morgan fingerprint density at radius 2 is 2.12 bits per heavy atom. The van der Waals surface area contributed by atoms with Crippen molar-refractivity contribution in [1.82, 2.24) is 5.32 Å². The van der Waals surface area contributed by atoms with Crippen molar-refractivity contribution >= 4 is 0 Å². The Bertz CT molecular complexity index is 325. The molecule has 1 fully saturated rings. The molecule has 1 N–H and O–H groups in total. The van der Waals surface area contributed by atoms with Gasteiger partial charge in [0.2, 0.25) is 0 Å². The fourth-order valence-electron chi connectivity index (χ4n) is 2.52. The third kappa shape index (κ3) is 3.30. The van der Waals surface area contributed by atoms with Crippen molar-refractivity contribution in [3.8, 4) is 0 Å². The largest absolute Gasteiger partial charge is 0.378 e. The smallest absolute Gasteiger partial charge is 0.0588 e. The summed E-state index contributed by atoms with van der Waals surface area (Å²) in [4.78, 5) is 0. The summed E-state index contributed by atoms with van der Waals surface area (Å²) in [6.07, 6.45) is 2.74. The van der Waals surface area contributed by atoms with Crippen molar-refractivity contribution < 1.29 is 4.74 Å². The zero-order chi connectivity index (χ0) is 12.1. The molecule has 1 aromatic carbocycles. The van der Waals surface area contributed by atoms with Gasteiger partial charge in [0.1, 0.15) is 0 Å². The first-order valence-corrected chi connectivity index (χ1v) is 6.71. The van der Waals surface area contributed by atoms with Gasteiger partial charge >= 0.3 is 0 Å². The maximum atomic E-state index is 5.60. The van der Waals surface area contributed by atoms with Crippen LogP contribution in [-0.2, 0) is 4.74 Å². The van der Waals surface area contributed by atoms with Crippen LogP contribution in [0.25, 0.3) is 0 Å². The third-order valence-corrected chi connectivity index (χ3v) is 3.77. The number of rotatable bonds is 5. The highest BCUT2D eigenvalue weighted by molar-refractivity contribution is 5.18. The monoisotopic (exact) mass is 233 g/mol. The summed E-state index contributed by atoms with van der Waals surface area (Å²) in [6, 6.07) is 11.2. The maximum absolute atomic E-state index is 5.60. The van der Waals surface area contributed by atoms with E-state index in [0.29, 0.717) is 18.1 Å². The number of benzene rings is 1. The van der Waals surface area contributed by atoms with E-state index in [1.54, 1.807) is 0 Å². The van der Waals surface area contributed by atoms with E-state index in [0.717, 1.165) is 19.6 Å². The highest BCUT2D eigenvalue weighted by atomic mass is 16.5. The van der Waals surface area contributed by atoms with Gasteiger partial charge in [-0.3, -0.25) is 0 Å². The van der Waals surface area contributed by atoms with E-state index in [4.69, 9.17) is 4.74 Å². The molecular formula is C15H23NO. The van der Waals surface area contributed by atoms with Gasteiger partial charge in [0, 0.05) is 19.2 Å². The number of hydrogen-bond acceptors (Lipinski definition) is 2. The Morgan fingerprint density at radius 1 is 1.35 bits per heavy atom. The lowest BCUT2D eigenvalue weighted by Gasteiger charge is -2.21. The molecule has 3 unspecified atom stereocenters. The molecule has 2 rings (SSSR count). The summed E-state index contributed by atoms with van der Waals surface area (Å²) in [5, 5.41) is 3.68. The Kier molecular flexibility index (Phi) is 4.57. The molecule has 0 saturated carbocycles. The minimum Gasteiger partial charge on any atom is -0.378 e. The first-order valence-electron chi connectivity index (χ1n) is 6.71. The lowest BCUT2D eigenvalue weighted by Crippen LogP contribution is -2.30. The second kappa shape index (κ2) is 6.18. The van der Waals surface area contributed by atoms with E-state index in [2.05, 4.69) is 49.5 Å². The molecule has 1 saturated heterocycles. The minimum absolute atomic E-state index is 0.413. The molecule has 0 aromatic heterocycles. The maximum Gasteiger partial charge on any atom is 0.0588 e. The van der Waals surface area contributed by atoms with Crippen LogP contribution >= 0.6 is 0 Å². The van der Waals surface area contributed by atoms with Crippen LogP contribution < -0.4 is 5.32 Å². The zero-order valence-electron chi connectivity index (χ0n) is 10.9. The Balaban J connectivity index is 1.88. The van der Waals surface area contributed by atoms with Crippen LogP contribution in [0.5, 0.6) is 0 Å². The summed E-state index contributed by atoms with van der Waals surface area (Å²) in [5.74, 6) is 0.674. The van der Waals surface area contributed by atoms with Crippen molar-refractivity contribution in [1.29, 1.82) is 0 Å². The lowest BCUT2D eigenvalue weighted by atomic mass is 10.00. The Labute approximate surface area is 104 Å². The van der Waals surface area contributed by atoms with Crippen LogP contribution in [0.4, 0.5) is 0 Å². The topological polar surface area (TPSA) is 21.3 Å². The summed E-state index contributed by atoms with van der Waals surface area (Å²) in [7, 11) is 0. The van der Waals surface area contributed by atoms with Crippen LogP contribution in [0.2, 0.25) is 0 Å².